The third-order valence-electron chi connectivity index (χ3n) is 12.8. The summed E-state index contributed by atoms with van der Waals surface area (Å²) in [7, 11) is -3.97. The van der Waals surface area contributed by atoms with E-state index in [1.54, 1.807) is 0 Å². The average molecular weight is 685 g/mol. The maximum atomic E-state index is 12.5. The van der Waals surface area contributed by atoms with Crippen molar-refractivity contribution in [3.8, 4) is 0 Å². The normalized spacial score (nSPS) is 30.5. The number of rotatable bonds is 10. The Morgan fingerprint density at radius 1 is 0.979 bits per heavy atom. The van der Waals surface area contributed by atoms with E-state index in [4.69, 9.17) is 18.3 Å². The first-order chi connectivity index (χ1) is 21.6. The van der Waals surface area contributed by atoms with E-state index in [0.717, 1.165) is 69.8 Å². The van der Waals surface area contributed by atoms with E-state index in [9.17, 15) is 4.79 Å². The molecule has 0 heterocycles. The van der Waals surface area contributed by atoms with Crippen molar-refractivity contribution in [3.63, 3.8) is 0 Å². The Morgan fingerprint density at radius 3 is 2.21 bits per heavy atom. The van der Waals surface area contributed by atoms with Crippen LogP contribution in [0.4, 0.5) is 0 Å². The topological polar surface area (TPSA) is 54.0 Å². The zero-order valence-electron chi connectivity index (χ0n) is 32.1. The summed E-state index contributed by atoms with van der Waals surface area (Å²) in [5.74, 6) is 0.231. The molecule has 47 heavy (non-hydrogen) atoms. The van der Waals surface area contributed by atoms with Crippen molar-refractivity contribution in [2.24, 2.45) is 11.3 Å². The van der Waals surface area contributed by atoms with E-state index in [0.29, 0.717) is 5.92 Å². The molecule has 5 atom stereocenters. The third-order valence-corrected chi connectivity index (χ3v) is 21.9. The second kappa shape index (κ2) is 14.5. The Balaban J connectivity index is 1.51. The molecule has 0 bridgehead atoms. The van der Waals surface area contributed by atoms with Gasteiger partial charge in [0, 0.05) is 6.42 Å². The molecule has 0 amide bonds. The van der Waals surface area contributed by atoms with Crippen LogP contribution in [0.25, 0.3) is 0 Å². The summed E-state index contributed by atoms with van der Waals surface area (Å²) in [4.78, 5) is 12.5. The molecule has 4 aliphatic rings. The van der Waals surface area contributed by atoms with Gasteiger partial charge in [-0.05, 0) is 129 Å². The molecule has 7 heteroatoms. The minimum Gasteiger partial charge on any atom is -0.461 e. The Hall–Kier alpha value is -1.26. The van der Waals surface area contributed by atoms with Crippen molar-refractivity contribution in [2.75, 3.05) is 6.61 Å². The van der Waals surface area contributed by atoms with Crippen LogP contribution in [0.2, 0.25) is 36.3 Å². The van der Waals surface area contributed by atoms with E-state index in [1.807, 2.05) is 0 Å². The maximum absolute atomic E-state index is 12.5. The average Bonchev–Trinajstić information content (AvgIpc) is 3.58. The molecule has 0 N–H and O–H groups in total. The van der Waals surface area contributed by atoms with Crippen LogP contribution in [0.15, 0.2) is 47.1 Å². The molecule has 5 nitrogen and oxygen atoms in total. The summed E-state index contributed by atoms with van der Waals surface area (Å²) < 4.78 is 25.9. The SMILES string of the molecule is C=C1/C(=C\C=C2/CCC[C@]3(C)C(C(C)OCC(=O)OC4CCCC4)=CC[C@@H]23)C[C@@H](O[Si](C)(C)C(C)(C)C)C[C@@H]1O[Si](C)(C)C(C)(C)C. The highest BCUT2D eigenvalue weighted by Gasteiger charge is 2.47. The summed E-state index contributed by atoms with van der Waals surface area (Å²) in [5, 5.41) is 0.281. The van der Waals surface area contributed by atoms with E-state index in [-0.39, 0.29) is 52.5 Å². The van der Waals surface area contributed by atoms with Crippen molar-refractivity contribution in [1.82, 2.24) is 0 Å². The van der Waals surface area contributed by atoms with Gasteiger partial charge in [0.05, 0.1) is 18.3 Å². The second-order valence-corrected chi connectivity index (χ2v) is 27.8. The van der Waals surface area contributed by atoms with Crippen LogP contribution in [0.1, 0.15) is 120 Å². The van der Waals surface area contributed by atoms with E-state index in [1.165, 1.54) is 16.7 Å². The van der Waals surface area contributed by atoms with E-state index >= 15 is 0 Å². The van der Waals surface area contributed by atoms with Crippen molar-refractivity contribution < 1.29 is 23.1 Å². The Kier molecular flexibility index (Phi) is 11.9. The zero-order chi connectivity index (χ0) is 35.0. The van der Waals surface area contributed by atoms with Crippen LogP contribution < -0.4 is 0 Å². The summed E-state index contributed by atoms with van der Waals surface area (Å²) in [6.45, 7) is 32.5. The number of ether oxygens (including phenoxy) is 2. The number of allylic oxidation sites excluding steroid dienone is 4. The largest absolute Gasteiger partial charge is 0.461 e. The van der Waals surface area contributed by atoms with Crippen molar-refractivity contribution in [2.45, 2.75) is 180 Å². The zero-order valence-corrected chi connectivity index (χ0v) is 34.1. The Morgan fingerprint density at radius 2 is 1.60 bits per heavy atom. The molecule has 4 aliphatic carbocycles. The fourth-order valence-corrected chi connectivity index (χ4v) is 10.4. The van der Waals surface area contributed by atoms with Gasteiger partial charge in [-0.25, -0.2) is 4.79 Å². The number of hydrogen-bond acceptors (Lipinski definition) is 5. The third kappa shape index (κ3) is 8.92. The summed E-state index contributed by atoms with van der Waals surface area (Å²) in [5.41, 5.74) is 5.34. The van der Waals surface area contributed by atoms with Crippen molar-refractivity contribution in [3.05, 3.63) is 47.1 Å². The van der Waals surface area contributed by atoms with Crippen molar-refractivity contribution >= 4 is 22.6 Å². The van der Waals surface area contributed by atoms with E-state index in [2.05, 4.69) is 106 Å². The predicted octanol–water partition coefficient (Wildman–Crippen LogP) is 11.0. The molecule has 0 aromatic heterocycles. The molecule has 0 aliphatic heterocycles. The van der Waals surface area contributed by atoms with Crippen molar-refractivity contribution in [1.29, 1.82) is 0 Å². The Labute approximate surface area is 290 Å². The molecule has 1 unspecified atom stereocenters. The summed E-state index contributed by atoms with van der Waals surface area (Å²) in [6.07, 6.45) is 17.8. The Bertz CT molecular complexity index is 1240. The lowest BCUT2D eigenvalue weighted by Gasteiger charge is -2.45. The van der Waals surface area contributed by atoms with Crippen LogP contribution in [0.5, 0.6) is 0 Å². The fraction of sp³-hybridized carbons (Fsp3) is 0.775. The van der Waals surface area contributed by atoms with Gasteiger partial charge < -0.3 is 18.3 Å². The number of esters is 1. The number of fused-ring (bicyclic) bond motifs is 1. The van der Waals surface area contributed by atoms with Crippen LogP contribution in [-0.2, 0) is 23.1 Å². The highest BCUT2D eigenvalue weighted by Crippen LogP contribution is 2.56. The molecule has 0 aromatic carbocycles. The second-order valence-electron chi connectivity index (χ2n) is 18.3. The number of carbonyl (C=O) groups excluding carboxylic acids is 1. The van der Waals surface area contributed by atoms with Gasteiger partial charge in [-0.2, -0.15) is 0 Å². The maximum Gasteiger partial charge on any atom is 0.332 e. The molecule has 266 valence electrons. The van der Waals surface area contributed by atoms with Gasteiger partial charge in [0.15, 0.2) is 16.6 Å². The molecule has 0 radical (unpaired) electrons. The standard InChI is InChI=1S/C40H68O5Si2/c1-28-31(25-33(44-46(10,11)38(3,4)5)26-36(28)45-47(12,13)39(6,7)8)21-20-30-17-16-24-40(9)34(22-23-35(30)40)29(2)42-27-37(41)43-32-18-14-15-19-32/h20-22,29,32-33,35-36H,1,14-19,23-27H2,2-13H3/b30-20+,31-21-/t29?,33-,35+,36+,40-/m1/s1. The first-order valence-electron chi connectivity index (χ1n) is 18.6. The lowest BCUT2D eigenvalue weighted by Crippen LogP contribution is -2.49. The predicted molar refractivity (Wildman–Crippen MR) is 201 cm³/mol. The molecule has 0 spiro atoms. The van der Waals surface area contributed by atoms with Gasteiger partial charge in [0.1, 0.15) is 12.7 Å². The van der Waals surface area contributed by atoms with Gasteiger partial charge in [-0.3, -0.25) is 0 Å². The lowest BCUT2D eigenvalue weighted by atomic mass is 9.63. The molecule has 0 aromatic rings. The lowest BCUT2D eigenvalue weighted by molar-refractivity contribution is -0.155. The van der Waals surface area contributed by atoms with Gasteiger partial charge in [-0.15, -0.1) is 0 Å². The van der Waals surface area contributed by atoms with Crippen LogP contribution >= 0.6 is 0 Å². The number of carbonyl (C=O) groups is 1. The fourth-order valence-electron chi connectivity index (χ4n) is 7.76. The van der Waals surface area contributed by atoms with Gasteiger partial charge >= 0.3 is 5.97 Å². The van der Waals surface area contributed by atoms with Crippen LogP contribution in [0.3, 0.4) is 0 Å². The number of hydrogen-bond donors (Lipinski definition) is 0. The van der Waals surface area contributed by atoms with Gasteiger partial charge in [0.25, 0.3) is 0 Å². The molecule has 3 saturated carbocycles. The highest BCUT2D eigenvalue weighted by molar-refractivity contribution is 6.74. The molecule has 4 rings (SSSR count). The monoisotopic (exact) mass is 684 g/mol. The van der Waals surface area contributed by atoms with Gasteiger partial charge in [0.2, 0.25) is 0 Å². The molecular formula is C40H68O5Si2. The molecular weight excluding hydrogens is 617 g/mol. The van der Waals surface area contributed by atoms with Crippen LogP contribution in [0, 0.1) is 11.3 Å². The smallest absolute Gasteiger partial charge is 0.332 e. The first-order valence-corrected chi connectivity index (χ1v) is 24.4. The minimum absolute atomic E-state index is 0.0150. The van der Waals surface area contributed by atoms with Crippen LogP contribution in [-0.4, -0.2) is 53.6 Å². The molecule has 0 saturated heterocycles. The quantitative estimate of drug-likeness (QED) is 0.130. The molecule has 3 fully saturated rings. The first kappa shape index (κ1) is 38.5. The van der Waals surface area contributed by atoms with Gasteiger partial charge in [-0.1, -0.05) is 78.8 Å². The van der Waals surface area contributed by atoms with E-state index < -0.39 is 16.6 Å². The minimum atomic E-state index is -2.01. The highest BCUT2D eigenvalue weighted by atomic mass is 28.4. The summed E-state index contributed by atoms with van der Waals surface area (Å²) in [6, 6.07) is 0. The summed E-state index contributed by atoms with van der Waals surface area (Å²) >= 11 is 0.